The van der Waals surface area contributed by atoms with Gasteiger partial charge in [0.15, 0.2) is 0 Å². The molecular weight excluding hydrogens is 314 g/mol. The van der Waals surface area contributed by atoms with Crippen LogP contribution in [0.5, 0.6) is 5.75 Å². The van der Waals surface area contributed by atoms with Gasteiger partial charge in [0.05, 0.1) is 5.56 Å². The van der Waals surface area contributed by atoms with Crippen molar-refractivity contribution in [2.75, 3.05) is 0 Å². The van der Waals surface area contributed by atoms with Gasteiger partial charge in [-0.05, 0) is 49.1 Å². The fourth-order valence-corrected chi connectivity index (χ4v) is 3.18. The Morgan fingerprint density at radius 2 is 1.79 bits per heavy atom. The van der Waals surface area contributed by atoms with Gasteiger partial charge in [-0.25, -0.2) is 13.6 Å². The predicted octanol–water partition coefficient (Wildman–Crippen LogP) is 4.14. The number of ether oxygens (including phenoxy) is 1. The highest BCUT2D eigenvalue weighted by atomic mass is 19.1. The van der Waals surface area contributed by atoms with E-state index >= 15 is 0 Å². The minimum absolute atomic E-state index is 0.131. The Kier molecular flexibility index (Phi) is 3.56. The lowest BCUT2D eigenvalue weighted by Crippen LogP contribution is -2.07. The summed E-state index contributed by atoms with van der Waals surface area (Å²) in [6, 6.07) is 8.82. The second-order valence-electron chi connectivity index (χ2n) is 5.85. The standard InChI is InChI=1S/C19H14F2O3/c20-16-5-2-6-17(21)15(16)10-23-11-7-8-13-12-3-1-4-14(12)19(22)24-18(13)9-11/h2,5-9H,1,3-4,10H2. The molecule has 1 aliphatic rings. The van der Waals surface area contributed by atoms with E-state index in [9.17, 15) is 13.6 Å². The summed E-state index contributed by atoms with van der Waals surface area (Å²) in [6.07, 6.45) is 2.56. The average Bonchev–Trinajstić information content (AvgIpc) is 3.05. The van der Waals surface area contributed by atoms with Gasteiger partial charge in [0.1, 0.15) is 29.6 Å². The molecule has 1 aromatic heterocycles. The topological polar surface area (TPSA) is 39.4 Å². The molecule has 122 valence electrons. The van der Waals surface area contributed by atoms with E-state index in [1.807, 2.05) is 6.07 Å². The van der Waals surface area contributed by atoms with Crippen molar-refractivity contribution in [3.63, 3.8) is 0 Å². The number of rotatable bonds is 3. The molecule has 3 nitrogen and oxygen atoms in total. The van der Waals surface area contributed by atoms with Gasteiger partial charge in [-0.15, -0.1) is 0 Å². The number of hydrogen-bond donors (Lipinski definition) is 0. The number of fused-ring (bicyclic) bond motifs is 3. The molecule has 0 bridgehead atoms. The fourth-order valence-electron chi connectivity index (χ4n) is 3.18. The zero-order chi connectivity index (χ0) is 16.7. The molecule has 0 aliphatic heterocycles. The van der Waals surface area contributed by atoms with Crippen molar-refractivity contribution in [1.82, 2.24) is 0 Å². The van der Waals surface area contributed by atoms with E-state index in [0.29, 0.717) is 11.3 Å². The van der Waals surface area contributed by atoms with Crippen molar-refractivity contribution >= 4 is 11.0 Å². The van der Waals surface area contributed by atoms with E-state index in [4.69, 9.17) is 9.15 Å². The molecule has 5 heteroatoms. The molecule has 0 radical (unpaired) electrons. The summed E-state index contributed by atoms with van der Waals surface area (Å²) in [5.41, 5.74) is 1.78. The van der Waals surface area contributed by atoms with Crippen LogP contribution in [0.1, 0.15) is 23.1 Å². The minimum Gasteiger partial charge on any atom is -0.489 e. The van der Waals surface area contributed by atoms with Crippen LogP contribution in [0.3, 0.4) is 0 Å². The van der Waals surface area contributed by atoms with Gasteiger partial charge in [0.25, 0.3) is 0 Å². The van der Waals surface area contributed by atoms with Crippen molar-refractivity contribution in [2.45, 2.75) is 25.9 Å². The Labute approximate surface area is 136 Å². The van der Waals surface area contributed by atoms with Crippen LogP contribution in [-0.2, 0) is 19.4 Å². The van der Waals surface area contributed by atoms with Crippen LogP contribution in [0.15, 0.2) is 45.6 Å². The van der Waals surface area contributed by atoms with Crippen LogP contribution >= 0.6 is 0 Å². The molecule has 24 heavy (non-hydrogen) atoms. The van der Waals surface area contributed by atoms with Gasteiger partial charge in [0, 0.05) is 17.0 Å². The van der Waals surface area contributed by atoms with Crippen LogP contribution in [0, 0.1) is 11.6 Å². The van der Waals surface area contributed by atoms with E-state index in [-0.39, 0.29) is 17.8 Å². The summed E-state index contributed by atoms with van der Waals surface area (Å²) in [6.45, 7) is -0.237. The van der Waals surface area contributed by atoms with E-state index in [0.717, 1.165) is 35.8 Å². The highest BCUT2D eigenvalue weighted by molar-refractivity contribution is 5.83. The lowest BCUT2D eigenvalue weighted by molar-refractivity contribution is 0.292. The van der Waals surface area contributed by atoms with E-state index in [1.165, 1.54) is 18.2 Å². The van der Waals surface area contributed by atoms with Crippen molar-refractivity contribution in [3.8, 4) is 5.75 Å². The average molecular weight is 328 g/mol. The maximum atomic E-state index is 13.6. The number of aryl methyl sites for hydroxylation is 1. The Morgan fingerprint density at radius 3 is 2.58 bits per heavy atom. The maximum Gasteiger partial charge on any atom is 0.339 e. The summed E-state index contributed by atoms with van der Waals surface area (Å²) in [4.78, 5) is 12.0. The van der Waals surface area contributed by atoms with Crippen molar-refractivity contribution in [2.24, 2.45) is 0 Å². The van der Waals surface area contributed by atoms with E-state index in [1.54, 1.807) is 12.1 Å². The Morgan fingerprint density at radius 1 is 1.04 bits per heavy atom. The van der Waals surface area contributed by atoms with Crippen LogP contribution in [0.4, 0.5) is 8.78 Å². The molecule has 2 aromatic carbocycles. The maximum absolute atomic E-state index is 13.6. The van der Waals surface area contributed by atoms with Crippen LogP contribution in [0.25, 0.3) is 11.0 Å². The number of halogens is 2. The molecule has 0 N–H and O–H groups in total. The van der Waals surface area contributed by atoms with Crippen molar-refractivity contribution < 1.29 is 17.9 Å². The van der Waals surface area contributed by atoms with Gasteiger partial charge in [0.2, 0.25) is 0 Å². The molecule has 4 rings (SSSR count). The molecule has 3 aromatic rings. The smallest absolute Gasteiger partial charge is 0.339 e. The first-order chi connectivity index (χ1) is 11.6. The Hall–Kier alpha value is -2.69. The van der Waals surface area contributed by atoms with Crippen molar-refractivity contribution in [1.29, 1.82) is 0 Å². The first-order valence-corrected chi connectivity index (χ1v) is 7.78. The quantitative estimate of drug-likeness (QED) is 0.678. The molecule has 0 amide bonds. The van der Waals surface area contributed by atoms with Crippen molar-refractivity contribution in [3.05, 3.63) is 75.1 Å². The predicted molar refractivity (Wildman–Crippen MR) is 85.2 cm³/mol. The van der Waals surface area contributed by atoms with Gasteiger partial charge in [-0.2, -0.15) is 0 Å². The van der Waals surface area contributed by atoms with E-state index in [2.05, 4.69) is 0 Å². The first kappa shape index (κ1) is 14.9. The number of benzene rings is 2. The second kappa shape index (κ2) is 5.74. The summed E-state index contributed by atoms with van der Waals surface area (Å²) in [5.74, 6) is -0.911. The third-order valence-electron chi connectivity index (χ3n) is 4.39. The monoisotopic (exact) mass is 328 g/mol. The zero-order valence-corrected chi connectivity index (χ0v) is 12.8. The summed E-state index contributed by atoms with van der Waals surface area (Å²) >= 11 is 0. The Bertz CT molecular complexity index is 972. The van der Waals surface area contributed by atoms with Crippen LogP contribution in [-0.4, -0.2) is 0 Å². The van der Waals surface area contributed by atoms with Gasteiger partial charge < -0.3 is 9.15 Å². The summed E-state index contributed by atoms with van der Waals surface area (Å²) < 4.78 is 38.1. The lowest BCUT2D eigenvalue weighted by atomic mass is 10.1. The molecule has 0 atom stereocenters. The lowest BCUT2D eigenvalue weighted by Gasteiger charge is -2.10. The SMILES string of the molecule is O=c1oc2cc(OCc3c(F)cccc3F)ccc2c2c1CCC2. The zero-order valence-electron chi connectivity index (χ0n) is 12.8. The van der Waals surface area contributed by atoms with Gasteiger partial charge >= 0.3 is 5.63 Å². The summed E-state index contributed by atoms with van der Waals surface area (Å²) in [7, 11) is 0. The normalized spacial score (nSPS) is 13.2. The van der Waals surface area contributed by atoms with Gasteiger partial charge in [-0.3, -0.25) is 0 Å². The molecule has 0 unspecified atom stereocenters. The third-order valence-corrected chi connectivity index (χ3v) is 4.39. The Balaban J connectivity index is 1.67. The molecule has 1 heterocycles. The van der Waals surface area contributed by atoms with Gasteiger partial charge in [-0.1, -0.05) is 6.07 Å². The highest BCUT2D eigenvalue weighted by Crippen LogP contribution is 2.30. The molecule has 0 fully saturated rings. The fraction of sp³-hybridized carbons (Fsp3) is 0.211. The van der Waals surface area contributed by atoms with E-state index < -0.39 is 11.6 Å². The molecule has 0 saturated heterocycles. The first-order valence-electron chi connectivity index (χ1n) is 7.78. The van der Waals surface area contributed by atoms with Crippen LogP contribution in [0.2, 0.25) is 0 Å². The molecule has 0 spiro atoms. The summed E-state index contributed by atoms with van der Waals surface area (Å²) in [5, 5.41) is 0.895. The number of hydrogen-bond acceptors (Lipinski definition) is 3. The molecule has 1 aliphatic carbocycles. The third kappa shape index (κ3) is 2.46. The second-order valence-corrected chi connectivity index (χ2v) is 5.85. The molecular formula is C19H14F2O3. The highest BCUT2D eigenvalue weighted by Gasteiger charge is 2.19. The molecule has 0 saturated carbocycles. The minimum atomic E-state index is -0.653. The largest absolute Gasteiger partial charge is 0.489 e. The van der Waals surface area contributed by atoms with Crippen LogP contribution < -0.4 is 10.4 Å².